The minimum atomic E-state index is 0.0911. The first-order chi connectivity index (χ1) is 12.1. The van der Waals surface area contributed by atoms with Gasteiger partial charge in [0, 0.05) is 11.8 Å². The molecule has 2 aromatic rings. The minimum absolute atomic E-state index is 0.0911. The Balaban J connectivity index is 2.57. The van der Waals surface area contributed by atoms with Gasteiger partial charge < -0.3 is 4.74 Å². The molecule has 2 heteroatoms. The molecule has 0 heterocycles. The van der Waals surface area contributed by atoms with Crippen LogP contribution in [-0.2, 0) is 5.41 Å². The molecule has 26 heavy (non-hydrogen) atoms. The highest BCUT2D eigenvalue weighted by atomic mass is 16.5. The Bertz CT molecular complexity index is 753. The molecule has 0 N–H and O–H groups in total. The van der Waals surface area contributed by atoms with Gasteiger partial charge >= 0.3 is 0 Å². The lowest BCUT2D eigenvalue weighted by atomic mass is 9.86. The molecule has 0 aliphatic rings. The van der Waals surface area contributed by atoms with E-state index in [1.54, 1.807) is 7.11 Å². The normalized spacial score (nSPS) is 12.4. The quantitative estimate of drug-likeness (QED) is 0.532. The molecule has 0 aliphatic carbocycles. The van der Waals surface area contributed by atoms with Crippen LogP contribution in [0.1, 0.15) is 82.6 Å². The van der Waals surface area contributed by atoms with Gasteiger partial charge in [-0.3, -0.25) is 4.99 Å². The molecule has 0 saturated heterocycles. The van der Waals surface area contributed by atoms with Crippen LogP contribution in [-0.4, -0.2) is 13.3 Å². The van der Waals surface area contributed by atoms with E-state index >= 15 is 0 Å². The highest BCUT2D eigenvalue weighted by Crippen LogP contribution is 2.35. The van der Waals surface area contributed by atoms with E-state index in [1.165, 1.54) is 16.7 Å². The van der Waals surface area contributed by atoms with Crippen LogP contribution < -0.4 is 4.74 Å². The number of rotatable bonds is 5. The van der Waals surface area contributed by atoms with Gasteiger partial charge in [0.1, 0.15) is 5.75 Å². The summed E-state index contributed by atoms with van der Waals surface area (Å²) in [5, 5.41) is 0. The third-order valence-electron chi connectivity index (χ3n) is 4.77. The lowest BCUT2D eigenvalue weighted by molar-refractivity contribution is 0.413. The zero-order valence-corrected chi connectivity index (χ0v) is 17.6. The van der Waals surface area contributed by atoms with Crippen LogP contribution in [0.25, 0.3) is 0 Å². The second-order valence-corrected chi connectivity index (χ2v) is 8.56. The SMILES string of the molecule is COc1ccc(C(C)(C)C)cc1C=Nc1c(C(C)C)cccc1C(C)C. The number of aliphatic imine (C=N–C) groups is 1. The van der Waals surface area contributed by atoms with Crippen LogP contribution in [0.5, 0.6) is 5.75 Å². The van der Waals surface area contributed by atoms with Crippen molar-refractivity contribution in [3.63, 3.8) is 0 Å². The molecule has 0 amide bonds. The Kier molecular flexibility index (Phi) is 6.28. The molecular weight excluding hydrogens is 318 g/mol. The van der Waals surface area contributed by atoms with E-state index < -0.39 is 0 Å². The third-order valence-corrected chi connectivity index (χ3v) is 4.77. The van der Waals surface area contributed by atoms with Crippen LogP contribution in [0.3, 0.4) is 0 Å². The molecule has 2 nitrogen and oxygen atoms in total. The summed E-state index contributed by atoms with van der Waals surface area (Å²) in [5.41, 5.74) is 6.07. The van der Waals surface area contributed by atoms with E-state index in [-0.39, 0.29) is 5.41 Å². The summed E-state index contributed by atoms with van der Waals surface area (Å²) in [6.07, 6.45) is 1.96. The summed E-state index contributed by atoms with van der Waals surface area (Å²) < 4.78 is 5.57. The lowest BCUT2D eigenvalue weighted by Crippen LogP contribution is -2.11. The Morgan fingerprint density at radius 1 is 0.923 bits per heavy atom. The summed E-state index contributed by atoms with van der Waals surface area (Å²) >= 11 is 0. The molecule has 0 atom stereocenters. The Morgan fingerprint density at radius 2 is 1.50 bits per heavy atom. The summed E-state index contributed by atoms with van der Waals surface area (Å²) in [6, 6.07) is 12.9. The van der Waals surface area contributed by atoms with E-state index in [2.05, 4.69) is 78.8 Å². The van der Waals surface area contributed by atoms with E-state index in [0.717, 1.165) is 17.0 Å². The second kappa shape index (κ2) is 8.07. The van der Waals surface area contributed by atoms with Crippen molar-refractivity contribution in [2.75, 3.05) is 7.11 Å². The van der Waals surface area contributed by atoms with Gasteiger partial charge in [-0.25, -0.2) is 0 Å². The largest absolute Gasteiger partial charge is 0.496 e. The van der Waals surface area contributed by atoms with Gasteiger partial charge in [-0.15, -0.1) is 0 Å². The number of ether oxygens (including phenoxy) is 1. The molecule has 0 fully saturated rings. The van der Waals surface area contributed by atoms with Crippen LogP contribution in [0.4, 0.5) is 5.69 Å². The fourth-order valence-corrected chi connectivity index (χ4v) is 3.10. The standard InChI is InChI=1S/C24H33NO/c1-16(2)20-10-9-11-21(17(3)4)23(20)25-15-18-14-19(24(5,6)7)12-13-22(18)26-8/h9-17H,1-8H3. The number of hydrogen-bond acceptors (Lipinski definition) is 2. The number of hydrogen-bond donors (Lipinski definition) is 0. The van der Waals surface area contributed by atoms with Crippen molar-refractivity contribution in [3.05, 3.63) is 58.7 Å². The van der Waals surface area contributed by atoms with E-state index in [4.69, 9.17) is 9.73 Å². The molecule has 140 valence electrons. The van der Waals surface area contributed by atoms with Gasteiger partial charge in [-0.05, 0) is 46.1 Å². The van der Waals surface area contributed by atoms with Gasteiger partial charge in [-0.1, -0.05) is 72.7 Å². The highest BCUT2D eigenvalue weighted by Gasteiger charge is 2.16. The van der Waals surface area contributed by atoms with Gasteiger partial charge in [0.05, 0.1) is 12.8 Å². The number of nitrogens with zero attached hydrogens (tertiary/aromatic N) is 1. The van der Waals surface area contributed by atoms with Gasteiger partial charge in [0.25, 0.3) is 0 Å². The van der Waals surface area contributed by atoms with Gasteiger partial charge in [0.2, 0.25) is 0 Å². The molecule has 0 saturated carbocycles. The summed E-state index contributed by atoms with van der Waals surface area (Å²) in [6.45, 7) is 15.6. The Morgan fingerprint density at radius 3 is 1.96 bits per heavy atom. The average Bonchev–Trinajstić information content (AvgIpc) is 2.58. The molecule has 2 rings (SSSR count). The zero-order chi connectivity index (χ0) is 19.5. The molecule has 0 radical (unpaired) electrons. The van der Waals surface area contributed by atoms with E-state index in [9.17, 15) is 0 Å². The Labute approximate surface area is 159 Å². The van der Waals surface area contributed by atoms with Crippen molar-refractivity contribution in [3.8, 4) is 5.75 Å². The lowest BCUT2D eigenvalue weighted by Gasteiger charge is -2.20. The topological polar surface area (TPSA) is 21.6 Å². The summed E-state index contributed by atoms with van der Waals surface area (Å²) in [7, 11) is 1.71. The maximum Gasteiger partial charge on any atom is 0.127 e. The first-order valence-corrected chi connectivity index (χ1v) is 9.50. The Hall–Kier alpha value is -2.09. The maximum absolute atomic E-state index is 5.57. The van der Waals surface area contributed by atoms with Gasteiger partial charge in [0.15, 0.2) is 0 Å². The number of methoxy groups -OCH3 is 1. The first-order valence-electron chi connectivity index (χ1n) is 9.50. The van der Waals surface area contributed by atoms with Crippen LogP contribution in [0, 0.1) is 0 Å². The van der Waals surface area contributed by atoms with E-state index in [1.807, 2.05) is 12.3 Å². The smallest absolute Gasteiger partial charge is 0.127 e. The van der Waals surface area contributed by atoms with Crippen LogP contribution >= 0.6 is 0 Å². The van der Waals surface area contributed by atoms with Crippen LogP contribution in [0.15, 0.2) is 41.4 Å². The average molecular weight is 352 g/mol. The molecule has 0 aliphatic heterocycles. The fourth-order valence-electron chi connectivity index (χ4n) is 3.10. The van der Waals surface area contributed by atoms with Crippen molar-refractivity contribution in [2.24, 2.45) is 4.99 Å². The van der Waals surface area contributed by atoms with Crippen molar-refractivity contribution >= 4 is 11.9 Å². The highest BCUT2D eigenvalue weighted by molar-refractivity contribution is 5.86. The molecular formula is C24H33NO. The van der Waals surface area contributed by atoms with E-state index in [0.29, 0.717) is 11.8 Å². The molecule has 0 unspecified atom stereocenters. The van der Waals surface area contributed by atoms with Crippen molar-refractivity contribution in [2.45, 2.75) is 65.7 Å². The number of para-hydroxylation sites is 1. The fraction of sp³-hybridized carbons (Fsp3) is 0.458. The monoisotopic (exact) mass is 351 g/mol. The third kappa shape index (κ3) is 4.55. The predicted molar refractivity (Wildman–Crippen MR) is 114 cm³/mol. The molecule has 0 aromatic heterocycles. The van der Waals surface area contributed by atoms with Crippen molar-refractivity contribution < 1.29 is 4.74 Å². The van der Waals surface area contributed by atoms with Crippen molar-refractivity contribution in [1.29, 1.82) is 0 Å². The van der Waals surface area contributed by atoms with Gasteiger partial charge in [-0.2, -0.15) is 0 Å². The zero-order valence-electron chi connectivity index (χ0n) is 17.6. The van der Waals surface area contributed by atoms with Crippen molar-refractivity contribution in [1.82, 2.24) is 0 Å². The summed E-state index contributed by atoms with van der Waals surface area (Å²) in [4.78, 5) is 4.95. The first kappa shape index (κ1) is 20.2. The van der Waals surface area contributed by atoms with Crippen LogP contribution in [0.2, 0.25) is 0 Å². The minimum Gasteiger partial charge on any atom is -0.496 e. The maximum atomic E-state index is 5.57. The molecule has 0 spiro atoms. The summed E-state index contributed by atoms with van der Waals surface area (Å²) in [5.74, 6) is 1.72. The second-order valence-electron chi connectivity index (χ2n) is 8.56. The molecule has 0 bridgehead atoms. The number of benzene rings is 2. The predicted octanol–water partition coefficient (Wildman–Crippen LogP) is 6.99. The molecule has 2 aromatic carbocycles.